The molecular formula is C16H21N7O. The second-order valence-corrected chi connectivity index (χ2v) is 6.19. The Morgan fingerprint density at radius 1 is 1.12 bits per heavy atom. The van der Waals surface area contributed by atoms with Gasteiger partial charge in [0.15, 0.2) is 5.82 Å². The molecular weight excluding hydrogens is 306 g/mol. The Morgan fingerprint density at radius 2 is 2.00 bits per heavy atom. The summed E-state index contributed by atoms with van der Waals surface area (Å²) in [5, 5.41) is 13.9. The van der Waals surface area contributed by atoms with Gasteiger partial charge < -0.3 is 20.1 Å². The first-order chi connectivity index (χ1) is 11.8. The minimum Gasteiger partial charge on any atom is -0.357 e. The van der Waals surface area contributed by atoms with Gasteiger partial charge in [-0.3, -0.25) is 0 Å². The lowest BCUT2D eigenvalue weighted by Crippen LogP contribution is -2.29. The molecule has 0 radical (unpaired) electrons. The number of rotatable bonds is 4. The number of hydrogen-bond acceptors (Lipinski definition) is 5. The van der Waals surface area contributed by atoms with Gasteiger partial charge in [0.2, 0.25) is 0 Å². The first-order valence-corrected chi connectivity index (χ1v) is 8.46. The van der Waals surface area contributed by atoms with Crippen LogP contribution in [0.1, 0.15) is 30.9 Å². The van der Waals surface area contributed by atoms with Crippen LogP contribution in [0.15, 0.2) is 18.3 Å². The fourth-order valence-electron chi connectivity index (χ4n) is 3.27. The Morgan fingerprint density at radius 3 is 2.79 bits per heavy atom. The molecule has 2 aromatic heterocycles. The van der Waals surface area contributed by atoms with Crippen molar-refractivity contribution in [2.45, 2.75) is 38.8 Å². The Bertz CT molecular complexity index is 719. The zero-order valence-corrected chi connectivity index (χ0v) is 13.5. The van der Waals surface area contributed by atoms with Crippen LogP contribution in [0.3, 0.4) is 0 Å². The van der Waals surface area contributed by atoms with E-state index in [-0.39, 0.29) is 6.03 Å². The summed E-state index contributed by atoms with van der Waals surface area (Å²) < 4.78 is 2.08. The first-order valence-electron chi connectivity index (χ1n) is 8.46. The molecule has 4 rings (SSSR count). The van der Waals surface area contributed by atoms with Gasteiger partial charge in [-0.2, -0.15) is 0 Å². The molecule has 0 aromatic carbocycles. The molecule has 1 saturated heterocycles. The summed E-state index contributed by atoms with van der Waals surface area (Å²) in [6.07, 6.45) is 6.20. The van der Waals surface area contributed by atoms with Gasteiger partial charge in [0.05, 0.1) is 18.4 Å². The van der Waals surface area contributed by atoms with E-state index in [1.165, 1.54) is 12.8 Å². The van der Waals surface area contributed by atoms with E-state index in [1.54, 1.807) is 6.20 Å². The highest BCUT2D eigenvalue weighted by molar-refractivity contribution is 5.89. The standard InChI is InChI=1S/C16H21N7O/c24-16(18-11-15-21-20-14-4-3-9-23(14)15)19-12-5-6-13(17-10-12)22-7-1-2-8-22/h5-6,10H,1-4,7-9,11H2,(H2,18,19,24). The summed E-state index contributed by atoms with van der Waals surface area (Å²) in [7, 11) is 0. The summed E-state index contributed by atoms with van der Waals surface area (Å²) in [4.78, 5) is 18.7. The molecule has 1 fully saturated rings. The summed E-state index contributed by atoms with van der Waals surface area (Å²) in [6.45, 7) is 3.42. The van der Waals surface area contributed by atoms with Crippen molar-refractivity contribution in [3.05, 3.63) is 30.0 Å². The third-order valence-electron chi connectivity index (χ3n) is 4.53. The van der Waals surface area contributed by atoms with Crippen molar-refractivity contribution < 1.29 is 4.79 Å². The molecule has 2 amide bonds. The molecule has 126 valence electrons. The monoisotopic (exact) mass is 327 g/mol. The molecule has 8 heteroatoms. The van der Waals surface area contributed by atoms with Crippen LogP contribution in [0.4, 0.5) is 16.3 Å². The van der Waals surface area contributed by atoms with Crippen molar-refractivity contribution in [3.8, 4) is 0 Å². The molecule has 4 heterocycles. The van der Waals surface area contributed by atoms with E-state index >= 15 is 0 Å². The van der Waals surface area contributed by atoms with Gasteiger partial charge in [-0.25, -0.2) is 9.78 Å². The predicted octanol–water partition coefficient (Wildman–Crippen LogP) is 1.54. The maximum absolute atomic E-state index is 12.0. The van der Waals surface area contributed by atoms with Crippen LogP contribution in [0, 0.1) is 0 Å². The fourth-order valence-corrected chi connectivity index (χ4v) is 3.27. The van der Waals surface area contributed by atoms with Crippen molar-refractivity contribution in [3.63, 3.8) is 0 Å². The normalized spacial score (nSPS) is 16.2. The Balaban J connectivity index is 1.30. The van der Waals surface area contributed by atoms with E-state index in [2.05, 4.69) is 35.3 Å². The third-order valence-corrected chi connectivity index (χ3v) is 4.53. The molecule has 2 aromatic rings. The second kappa shape index (κ2) is 6.46. The van der Waals surface area contributed by atoms with Crippen LogP contribution in [-0.2, 0) is 19.5 Å². The van der Waals surface area contributed by atoms with Crippen molar-refractivity contribution >= 4 is 17.5 Å². The zero-order valence-electron chi connectivity index (χ0n) is 13.5. The van der Waals surface area contributed by atoms with Crippen LogP contribution in [-0.4, -0.2) is 38.9 Å². The van der Waals surface area contributed by atoms with E-state index in [0.29, 0.717) is 12.2 Å². The van der Waals surface area contributed by atoms with Gasteiger partial charge in [-0.1, -0.05) is 0 Å². The summed E-state index contributed by atoms with van der Waals surface area (Å²) in [5.74, 6) is 2.78. The molecule has 0 aliphatic carbocycles. The molecule has 0 spiro atoms. The van der Waals surface area contributed by atoms with Crippen molar-refractivity contribution in [1.29, 1.82) is 0 Å². The maximum atomic E-state index is 12.0. The number of carbonyl (C=O) groups is 1. The third kappa shape index (κ3) is 3.04. The molecule has 0 atom stereocenters. The summed E-state index contributed by atoms with van der Waals surface area (Å²) in [6, 6.07) is 3.57. The van der Waals surface area contributed by atoms with Crippen LogP contribution in [0.2, 0.25) is 0 Å². The summed E-state index contributed by atoms with van der Waals surface area (Å²) in [5.41, 5.74) is 0.682. The number of aryl methyl sites for hydroxylation is 1. The van der Waals surface area contributed by atoms with Gasteiger partial charge >= 0.3 is 6.03 Å². The van der Waals surface area contributed by atoms with Gasteiger partial charge in [0, 0.05) is 26.1 Å². The number of nitrogens with one attached hydrogen (secondary N) is 2. The van der Waals surface area contributed by atoms with E-state index in [1.807, 2.05) is 12.1 Å². The Labute approximate surface area is 140 Å². The average Bonchev–Trinajstić information content (AvgIpc) is 3.32. The lowest BCUT2D eigenvalue weighted by Gasteiger charge is -2.16. The van der Waals surface area contributed by atoms with E-state index in [4.69, 9.17) is 0 Å². The van der Waals surface area contributed by atoms with Crippen molar-refractivity contribution in [2.75, 3.05) is 23.3 Å². The predicted molar refractivity (Wildman–Crippen MR) is 89.9 cm³/mol. The van der Waals surface area contributed by atoms with Crippen LogP contribution in [0.25, 0.3) is 0 Å². The molecule has 24 heavy (non-hydrogen) atoms. The lowest BCUT2D eigenvalue weighted by atomic mass is 10.4. The van der Waals surface area contributed by atoms with Crippen LogP contribution in [0.5, 0.6) is 0 Å². The molecule has 2 aliphatic rings. The molecule has 0 saturated carbocycles. The Kier molecular flexibility index (Phi) is 4.02. The average molecular weight is 327 g/mol. The van der Waals surface area contributed by atoms with Gasteiger partial charge in [-0.05, 0) is 31.4 Å². The number of aromatic nitrogens is 4. The van der Waals surface area contributed by atoms with Crippen molar-refractivity contribution in [2.24, 2.45) is 0 Å². The maximum Gasteiger partial charge on any atom is 0.319 e. The number of anilines is 2. The Hall–Kier alpha value is -2.64. The van der Waals surface area contributed by atoms with E-state index < -0.39 is 0 Å². The van der Waals surface area contributed by atoms with Crippen LogP contribution >= 0.6 is 0 Å². The number of nitrogens with zero attached hydrogens (tertiary/aromatic N) is 5. The molecule has 0 unspecified atom stereocenters. The van der Waals surface area contributed by atoms with Gasteiger partial charge in [0.1, 0.15) is 11.6 Å². The van der Waals surface area contributed by atoms with Gasteiger partial charge in [0.25, 0.3) is 0 Å². The second-order valence-electron chi connectivity index (χ2n) is 6.19. The number of amides is 2. The highest BCUT2D eigenvalue weighted by Gasteiger charge is 2.17. The van der Waals surface area contributed by atoms with Gasteiger partial charge in [-0.15, -0.1) is 10.2 Å². The highest BCUT2D eigenvalue weighted by Crippen LogP contribution is 2.19. The summed E-state index contributed by atoms with van der Waals surface area (Å²) >= 11 is 0. The SMILES string of the molecule is O=C(NCc1nnc2n1CCC2)Nc1ccc(N2CCCC2)nc1. The highest BCUT2D eigenvalue weighted by atomic mass is 16.2. The number of pyridine rings is 1. The quantitative estimate of drug-likeness (QED) is 0.889. The first kappa shape index (κ1) is 14.9. The molecule has 2 N–H and O–H groups in total. The number of hydrogen-bond donors (Lipinski definition) is 2. The van der Waals surface area contributed by atoms with E-state index in [9.17, 15) is 4.79 Å². The number of fused-ring (bicyclic) bond motifs is 1. The fraction of sp³-hybridized carbons (Fsp3) is 0.500. The minimum atomic E-state index is -0.263. The smallest absolute Gasteiger partial charge is 0.319 e. The topological polar surface area (TPSA) is 88.0 Å². The molecule has 2 aliphatic heterocycles. The lowest BCUT2D eigenvalue weighted by molar-refractivity contribution is 0.251. The van der Waals surface area contributed by atoms with Crippen LogP contribution < -0.4 is 15.5 Å². The van der Waals surface area contributed by atoms with Crippen molar-refractivity contribution in [1.82, 2.24) is 25.1 Å². The van der Waals surface area contributed by atoms with E-state index in [0.717, 1.165) is 49.9 Å². The molecule has 8 nitrogen and oxygen atoms in total. The largest absolute Gasteiger partial charge is 0.357 e. The number of urea groups is 1. The zero-order chi connectivity index (χ0) is 16.4. The molecule has 0 bridgehead atoms. The number of carbonyl (C=O) groups excluding carboxylic acids is 1. The minimum absolute atomic E-state index is 0.263.